The summed E-state index contributed by atoms with van der Waals surface area (Å²) in [5.41, 5.74) is 0. The summed E-state index contributed by atoms with van der Waals surface area (Å²) in [7, 11) is 0. The van der Waals surface area contributed by atoms with E-state index in [9.17, 15) is 0 Å². The molecule has 25 heavy (non-hydrogen) atoms. The Bertz CT molecular complexity index is 318. The van der Waals surface area contributed by atoms with E-state index in [1.165, 1.54) is 89.9 Å². The van der Waals surface area contributed by atoms with Crippen molar-refractivity contribution in [3.63, 3.8) is 0 Å². The van der Waals surface area contributed by atoms with Gasteiger partial charge in [-0.3, -0.25) is 4.84 Å². The summed E-state index contributed by atoms with van der Waals surface area (Å²) < 4.78 is 0. The lowest BCUT2D eigenvalue weighted by molar-refractivity contribution is -0.169. The summed E-state index contributed by atoms with van der Waals surface area (Å²) in [5, 5.41) is 2.18. The first-order valence-electron chi connectivity index (χ1n) is 11.1. The molecule has 0 N–H and O–H groups in total. The molecule has 0 aromatic carbocycles. The highest BCUT2D eigenvalue weighted by atomic mass is 16.7. The highest BCUT2D eigenvalue weighted by Gasteiger charge is 2.09. The summed E-state index contributed by atoms with van der Waals surface area (Å²) >= 11 is 0. The highest BCUT2D eigenvalue weighted by Crippen LogP contribution is 2.11. The van der Waals surface area contributed by atoms with Gasteiger partial charge in [-0.15, -0.1) is 0 Å². The Morgan fingerprint density at radius 2 is 1.28 bits per heavy atom. The zero-order valence-electron chi connectivity index (χ0n) is 16.9. The normalized spacial score (nSPS) is 16.4. The average molecular weight is 350 g/mol. The quantitative estimate of drug-likeness (QED) is 0.215. The largest absolute Gasteiger partial charge is 0.299 e. The minimum absolute atomic E-state index is 0.925. The van der Waals surface area contributed by atoms with Crippen LogP contribution in [0.5, 0.6) is 0 Å². The van der Waals surface area contributed by atoms with Crippen LogP contribution in [0.15, 0.2) is 24.3 Å². The van der Waals surface area contributed by atoms with Gasteiger partial charge in [0.1, 0.15) is 0 Å². The Morgan fingerprint density at radius 1 is 0.680 bits per heavy atom. The van der Waals surface area contributed by atoms with Crippen LogP contribution in [0.3, 0.4) is 0 Å². The van der Waals surface area contributed by atoms with Crippen molar-refractivity contribution in [2.45, 2.75) is 103 Å². The molecule has 1 aliphatic heterocycles. The topological polar surface area (TPSA) is 12.5 Å². The molecule has 0 bridgehead atoms. The summed E-state index contributed by atoms with van der Waals surface area (Å²) in [4.78, 5) is 5.82. The van der Waals surface area contributed by atoms with E-state index in [0.717, 1.165) is 26.1 Å². The first-order chi connectivity index (χ1) is 12.4. The number of hydrogen-bond donors (Lipinski definition) is 0. The lowest BCUT2D eigenvalue weighted by Crippen LogP contribution is -2.30. The molecule has 146 valence electrons. The molecule has 2 heteroatoms. The van der Waals surface area contributed by atoms with Crippen LogP contribution in [-0.4, -0.2) is 24.8 Å². The van der Waals surface area contributed by atoms with E-state index in [-0.39, 0.29) is 0 Å². The minimum Gasteiger partial charge on any atom is -0.299 e. The SMILES string of the molecule is CCCCC/C=C\C/C=C\CCCCCCCCON1CCCCC1. The zero-order valence-corrected chi connectivity index (χ0v) is 16.9. The van der Waals surface area contributed by atoms with Crippen LogP contribution < -0.4 is 0 Å². The van der Waals surface area contributed by atoms with Gasteiger partial charge in [0, 0.05) is 13.1 Å². The number of rotatable bonds is 16. The fraction of sp³-hybridized carbons (Fsp3) is 0.826. The smallest absolute Gasteiger partial charge is 0.0685 e. The van der Waals surface area contributed by atoms with Crippen molar-refractivity contribution < 1.29 is 4.84 Å². The van der Waals surface area contributed by atoms with Crippen molar-refractivity contribution in [2.75, 3.05) is 19.7 Å². The van der Waals surface area contributed by atoms with Gasteiger partial charge in [-0.1, -0.05) is 76.2 Å². The molecule has 2 nitrogen and oxygen atoms in total. The van der Waals surface area contributed by atoms with E-state index in [4.69, 9.17) is 4.84 Å². The molecule has 0 aromatic rings. The molecule has 1 rings (SSSR count). The van der Waals surface area contributed by atoms with Crippen molar-refractivity contribution in [2.24, 2.45) is 0 Å². The number of unbranched alkanes of at least 4 members (excludes halogenated alkanes) is 9. The number of allylic oxidation sites excluding steroid dienone is 4. The molecule has 0 saturated carbocycles. The van der Waals surface area contributed by atoms with Crippen molar-refractivity contribution >= 4 is 0 Å². The van der Waals surface area contributed by atoms with Gasteiger partial charge in [-0.05, 0) is 51.4 Å². The molecular formula is C23H43NO. The van der Waals surface area contributed by atoms with E-state index >= 15 is 0 Å². The van der Waals surface area contributed by atoms with E-state index in [1.807, 2.05) is 0 Å². The van der Waals surface area contributed by atoms with Crippen LogP contribution in [0.25, 0.3) is 0 Å². The van der Waals surface area contributed by atoms with Gasteiger partial charge in [0.05, 0.1) is 6.61 Å². The molecule has 0 spiro atoms. The highest BCUT2D eigenvalue weighted by molar-refractivity contribution is 4.92. The second kappa shape index (κ2) is 18.2. The summed E-state index contributed by atoms with van der Waals surface area (Å²) in [6.45, 7) is 5.47. The second-order valence-electron chi connectivity index (χ2n) is 7.41. The minimum atomic E-state index is 0.925. The number of hydroxylamine groups is 2. The predicted octanol–water partition coefficient (Wildman–Crippen LogP) is 7.22. The number of hydrogen-bond acceptors (Lipinski definition) is 2. The lowest BCUT2D eigenvalue weighted by Gasteiger charge is -2.25. The number of piperidine rings is 1. The van der Waals surface area contributed by atoms with Crippen molar-refractivity contribution in [1.29, 1.82) is 0 Å². The van der Waals surface area contributed by atoms with Gasteiger partial charge in [0.25, 0.3) is 0 Å². The molecule has 1 heterocycles. The summed E-state index contributed by atoms with van der Waals surface area (Å²) in [5.74, 6) is 0. The average Bonchev–Trinajstić information content (AvgIpc) is 2.65. The molecule has 0 aromatic heterocycles. The third kappa shape index (κ3) is 15.4. The number of nitrogens with zero attached hydrogens (tertiary/aromatic N) is 1. The summed E-state index contributed by atoms with van der Waals surface area (Å²) in [6, 6.07) is 0. The fourth-order valence-corrected chi connectivity index (χ4v) is 3.28. The second-order valence-corrected chi connectivity index (χ2v) is 7.41. The van der Waals surface area contributed by atoms with Crippen LogP contribution in [0, 0.1) is 0 Å². The Balaban J connectivity index is 1.74. The van der Waals surface area contributed by atoms with Crippen molar-refractivity contribution in [3.05, 3.63) is 24.3 Å². The standard InChI is InChI=1S/C23H43NO/c1-2-3-4-5-6-7-8-9-10-11-12-13-14-15-16-20-23-25-24-21-18-17-19-22-24/h6-7,9-10H,2-5,8,11-23H2,1H3/b7-6-,10-9-. The third-order valence-corrected chi connectivity index (χ3v) is 4.93. The molecule has 0 unspecified atom stereocenters. The molecular weight excluding hydrogens is 306 g/mol. The lowest BCUT2D eigenvalue weighted by atomic mass is 10.1. The molecule has 0 radical (unpaired) electrons. The van der Waals surface area contributed by atoms with E-state index in [1.54, 1.807) is 0 Å². The van der Waals surface area contributed by atoms with Gasteiger partial charge in [-0.25, -0.2) is 0 Å². The zero-order chi connectivity index (χ0) is 17.8. The van der Waals surface area contributed by atoms with Crippen molar-refractivity contribution in [1.82, 2.24) is 5.06 Å². The Kier molecular flexibility index (Phi) is 16.3. The van der Waals surface area contributed by atoms with Crippen LogP contribution in [-0.2, 0) is 4.84 Å². The molecule has 0 atom stereocenters. The summed E-state index contributed by atoms with van der Waals surface area (Å²) in [6.07, 6.45) is 29.0. The van der Waals surface area contributed by atoms with Crippen molar-refractivity contribution in [3.8, 4) is 0 Å². The van der Waals surface area contributed by atoms with Crippen LogP contribution in [0.4, 0.5) is 0 Å². The first-order valence-corrected chi connectivity index (χ1v) is 11.1. The molecule has 1 fully saturated rings. The Morgan fingerprint density at radius 3 is 1.96 bits per heavy atom. The fourth-order valence-electron chi connectivity index (χ4n) is 3.28. The first kappa shape index (κ1) is 22.4. The molecule has 0 aliphatic carbocycles. The van der Waals surface area contributed by atoms with Crippen LogP contribution >= 0.6 is 0 Å². The monoisotopic (exact) mass is 349 g/mol. The van der Waals surface area contributed by atoms with E-state index in [2.05, 4.69) is 36.3 Å². The molecule has 0 amide bonds. The maximum absolute atomic E-state index is 5.82. The van der Waals surface area contributed by atoms with E-state index < -0.39 is 0 Å². The van der Waals surface area contributed by atoms with Gasteiger partial charge in [0.2, 0.25) is 0 Å². The molecule has 1 aliphatic rings. The third-order valence-electron chi connectivity index (χ3n) is 4.93. The van der Waals surface area contributed by atoms with Crippen LogP contribution in [0.2, 0.25) is 0 Å². The Hall–Kier alpha value is -0.600. The van der Waals surface area contributed by atoms with Gasteiger partial charge in [0.15, 0.2) is 0 Å². The van der Waals surface area contributed by atoms with Gasteiger partial charge in [-0.2, -0.15) is 5.06 Å². The maximum atomic E-state index is 5.82. The Labute approximate surface area is 157 Å². The predicted molar refractivity (Wildman–Crippen MR) is 111 cm³/mol. The maximum Gasteiger partial charge on any atom is 0.0685 e. The van der Waals surface area contributed by atoms with E-state index in [0.29, 0.717) is 0 Å². The van der Waals surface area contributed by atoms with Crippen LogP contribution in [0.1, 0.15) is 103 Å². The van der Waals surface area contributed by atoms with Gasteiger partial charge < -0.3 is 0 Å². The van der Waals surface area contributed by atoms with Gasteiger partial charge >= 0.3 is 0 Å². The molecule has 1 saturated heterocycles.